The van der Waals surface area contributed by atoms with E-state index in [1.54, 1.807) is 16.7 Å². The maximum atomic E-state index is 12.3. The number of hydrogen-bond donors (Lipinski definition) is 1. The van der Waals surface area contributed by atoms with Crippen molar-refractivity contribution in [3.63, 3.8) is 0 Å². The quantitative estimate of drug-likeness (QED) is 0.851. The summed E-state index contributed by atoms with van der Waals surface area (Å²) in [6.07, 6.45) is 3.92. The second-order valence-corrected chi connectivity index (χ2v) is 6.63. The standard InChI is InChI=1S/C12H19N3O2S/c1-11-10-14-7-8-15(11)18(16,17)9-4-12-2-5-13-6-3-12/h2-3,5-6,11,14H,4,7-10H2,1H3. The SMILES string of the molecule is CC1CNCCN1S(=O)(=O)CCc1ccncc1. The highest BCUT2D eigenvalue weighted by Gasteiger charge is 2.28. The Labute approximate surface area is 108 Å². The summed E-state index contributed by atoms with van der Waals surface area (Å²) in [5.41, 5.74) is 1.01. The van der Waals surface area contributed by atoms with E-state index in [2.05, 4.69) is 10.3 Å². The zero-order chi connectivity index (χ0) is 13.0. The molecule has 0 aliphatic carbocycles. The molecule has 1 aromatic rings. The highest BCUT2D eigenvalue weighted by atomic mass is 32.2. The number of nitrogens with zero attached hydrogens (tertiary/aromatic N) is 2. The first-order valence-corrected chi connectivity index (χ1v) is 7.79. The number of rotatable bonds is 4. The Balaban J connectivity index is 1.99. The second-order valence-electron chi connectivity index (χ2n) is 4.59. The van der Waals surface area contributed by atoms with E-state index in [4.69, 9.17) is 0 Å². The Morgan fingerprint density at radius 2 is 2.17 bits per heavy atom. The molecule has 0 aromatic carbocycles. The Kier molecular flexibility index (Phi) is 4.31. The van der Waals surface area contributed by atoms with Crippen LogP contribution in [0.4, 0.5) is 0 Å². The summed E-state index contributed by atoms with van der Waals surface area (Å²) in [6.45, 7) is 3.98. The van der Waals surface area contributed by atoms with Crippen LogP contribution in [0.25, 0.3) is 0 Å². The number of aryl methyl sites for hydroxylation is 1. The van der Waals surface area contributed by atoms with Gasteiger partial charge in [0.1, 0.15) is 0 Å². The van der Waals surface area contributed by atoms with Crippen molar-refractivity contribution in [2.45, 2.75) is 19.4 Å². The van der Waals surface area contributed by atoms with Crippen molar-refractivity contribution in [3.05, 3.63) is 30.1 Å². The third-order valence-corrected chi connectivity index (χ3v) is 5.17. The predicted molar refractivity (Wildman–Crippen MR) is 70.8 cm³/mol. The number of pyridine rings is 1. The van der Waals surface area contributed by atoms with Crippen LogP contribution < -0.4 is 5.32 Å². The van der Waals surface area contributed by atoms with E-state index in [-0.39, 0.29) is 11.8 Å². The first-order chi connectivity index (χ1) is 8.59. The van der Waals surface area contributed by atoms with E-state index in [1.807, 2.05) is 19.1 Å². The molecule has 1 N–H and O–H groups in total. The fourth-order valence-corrected chi connectivity index (χ4v) is 3.87. The van der Waals surface area contributed by atoms with Crippen molar-refractivity contribution in [1.29, 1.82) is 0 Å². The molecule has 5 nitrogen and oxygen atoms in total. The summed E-state index contributed by atoms with van der Waals surface area (Å²) in [4.78, 5) is 3.92. The Morgan fingerprint density at radius 3 is 2.83 bits per heavy atom. The number of nitrogens with one attached hydrogen (secondary N) is 1. The van der Waals surface area contributed by atoms with E-state index >= 15 is 0 Å². The molecule has 1 saturated heterocycles. The van der Waals surface area contributed by atoms with Crippen LogP contribution in [-0.4, -0.2) is 49.1 Å². The first-order valence-electron chi connectivity index (χ1n) is 6.19. The molecule has 1 atom stereocenters. The molecule has 100 valence electrons. The number of hydrogen-bond acceptors (Lipinski definition) is 4. The smallest absolute Gasteiger partial charge is 0.214 e. The van der Waals surface area contributed by atoms with Crippen LogP contribution in [0.1, 0.15) is 12.5 Å². The van der Waals surface area contributed by atoms with Gasteiger partial charge in [-0.25, -0.2) is 8.42 Å². The lowest BCUT2D eigenvalue weighted by molar-refractivity contribution is 0.284. The van der Waals surface area contributed by atoms with Gasteiger partial charge >= 0.3 is 0 Å². The lowest BCUT2D eigenvalue weighted by Crippen LogP contribution is -2.52. The molecule has 2 heterocycles. The summed E-state index contributed by atoms with van der Waals surface area (Å²) >= 11 is 0. The second kappa shape index (κ2) is 5.77. The van der Waals surface area contributed by atoms with Gasteiger partial charge in [0, 0.05) is 38.1 Å². The van der Waals surface area contributed by atoms with Crippen molar-refractivity contribution in [3.8, 4) is 0 Å². The van der Waals surface area contributed by atoms with E-state index in [9.17, 15) is 8.42 Å². The fraction of sp³-hybridized carbons (Fsp3) is 0.583. The lowest BCUT2D eigenvalue weighted by atomic mass is 10.2. The average molecular weight is 269 g/mol. The predicted octanol–water partition coefficient (Wildman–Crippen LogP) is 0.248. The van der Waals surface area contributed by atoms with Crippen LogP contribution >= 0.6 is 0 Å². The van der Waals surface area contributed by atoms with Crippen molar-refractivity contribution in [2.24, 2.45) is 0 Å². The number of aromatic nitrogens is 1. The maximum absolute atomic E-state index is 12.3. The average Bonchev–Trinajstić information content (AvgIpc) is 2.38. The minimum atomic E-state index is -3.16. The molecule has 0 saturated carbocycles. The third-order valence-electron chi connectivity index (χ3n) is 3.20. The highest BCUT2D eigenvalue weighted by Crippen LogP contribution is 2.11. The van der Waals surface area contributed by atoms with Gasteiger partial charge in [-0.2, -0.15) is 4.31 Å². The van der Waals surface area contributed by atoms with E-state index < -0.39 is 10.0 Å². The summed E-state index contributed by atoms with van der Waals surface area (Å²) in [5.74, 6) is 0.168. The third kappa shape index (κ3) is 3.28. The van der Waals surface area contributed by atoms with Crippen LogP contribution in [0.3, 0.4) is 0 Å². The van der Waals surface area contributed by atoms with E-state index in [1.165, 1.54) is 0 Å². The van der Waals surface area contributed by atoms with E-state index in [0.29, 0.717) is 13.0 Å². The normalized spacial score (nSPS) is 21.9. The van der Waals surface area contributed by atoms with Gasteiger partial charge in [0.25, 0.3) is 0 Å². The van der Waals surface area contributed by atoms with Gasteiger partial charge in [0.05, 0.1) is 5.75 Å². The molecule has 1 aliphatic heterocycles. The van der Waals surface area contributed by atoms with Crippen LogP contribution in [0.15, 0.2) is 24.5 Å². The summed E-state index contributed by atoms with van der Waals surface area (Å²) < 4.78 is 26.1. The topological polar surface area (TPSA) is 62.3 Å². The van der Waals surface area contributed by atoms with Crippen molar-refractivity contribution >= 4 is 10.0 Å². The van der Waals surface area contributed by atoms with Gasteiger partial charge in [0.15, 0.2) is 0 Å². The molecule has 1 unspecified atom stereocenters. The molecule has 1 aromatic heterocycles. The molecule has 0 amide bonds. The van der Waals surface area contributed by atoms with Gasteiger partial charge in [-0.05, 0) is 31.0 Å². The Hall–Kier alpha value is -0.980. The Morgan fingerprint density at radius 1 is 1.44 bits per heavy atom. The van der Waals surface area contributed by atoms with Crippen LogP contribution in [-0.2, 0) is 16.4 Å². The summed E-state index contributed by atoms with van der Waals surface area (Å²) in [7, 11) is -3.16. The zero-order valence-electron chi connectivity index (χ0n) is 10.5. The number of sulfonamides is 1. The minimum absolute atomic E-state index is 0.0428. The Bertz CT molecular complexity index is 475. The van der Waals surface area contributed by atoms with Gasteiger partial charge in [0.2, 0.25) is 10.0 Å². The van der Waals surface area contributed by atoms with Crippen molar-refractivity contribution in [2.75, 3.05) is 25.4 Å². The molecule has 0 spiro atoms. The molecular weight excluding hydrogens is 250 g/mol. The molecule has 1 fully saturated rings. The summed E-state index contributed by atoms with van der Waals surface area (Å²) in [6, 6.07) is 3.76. The molecule has 6 heteroatoms. The molecule has 0 radical (unpaired) electrons. The zero-order valence-corrected chi connectivity index (χ0v) is 11.4. The van der Waals surface area contributed by atoms with Crippen LogP contribution in [0.2, 0.25) is 0 Å². The molecular formula is C12H19N3O2S. The largest absolute Gasteiger partial charge is 0.314 e. The van der Waals surface area contributed by atoms with Gasteiger partial charge in [-0.15, -0.1) is 0 Å². The number of piperazine rings is 1. The van der Waals surface area contributed by atoms with Crippen molar-refractivity contribution in [1.82, 2.24) is 14.6 Å². The molecule has 0 bridgehead atoms. The highest BCUT2D eigenvalue weighted by molar-refractivity contribution is 7.89. The minimum Gasteiger partial charge on any atom is -0.314 e. The van der Waals surface area contributed by atoms with Gasteiger partial charge in [-0.3, -0.25) is 4.98 Å². The first kappa shape index (κ1) is 13.5. The lowest BCUT2D eigenvalue weighted by Gasteiger charge is -2.32. The van der Waals surface area contributed by atoms with Crippen molar-refractivity contribution < 1.29 is 8.42 Å². The van der Waals surface area contributed by atoms with Gasteiger partial charge < -0.3 is 5.32 Å². The molecule has 18 heavy (non-hydrogen) atoms. The fourth-order valence-electron chi connectivity index (χ4n) is 2.15. The molecule has 1 aliphatic rings. The summed E-state index contributed by atoms with van der Waals surface area (Å²) in [5, 5.41) is 3.20. The van der Waals surface area contributed by atoms with Crippen LogP contribution in [0.5, 0.6) is 0 Å². The monoisotopic (exact) mass is 269 g/mol. The van der Waals surface area contributed by atoms with Gasteiger partial charge in [-0.1, -0.05) is 0 Å². The van der Waals surface area contributed by atoms with Crippen LogP contribution in [0, 0.1) is 0 Å². The maximum Gasteiger partial charge on any atom is 0.214 e. The molecule has 2 rings (SSSR count). The van der Waals surface area contributed by atoms with E-state index in [0.717, 1.165) is 18.7 Å².